The molecule has 0 saturated carbocycles. The summed E-state index contributed by atoms with van der Waals surface area (Å²) < 4.78 is 33.0. The summed E-state index contributed by atoms with van der Waals surface area (Å²) in [6.07, 6.45) is 11.8. The summed E-state index contributed by atoms with van der Waals surface area (Å²) >= 11 is 0. The van der Waals surface area contributed by atoms with Gasteiger partial charge in [-0.1, -0.05) is 58.8 Å². The summed E-state index contributed by atoms with van der Waals surface area (Å²) in [5.74, 6) is 0. The molecule has 7 heteroatoms. The van der Waals surface area contributed by atoms with Gasteiger partial charge in [0.15, 0.2) is 0 Å². The normalized spacial score (nSPS) is 12.5. The highest BCUT2D eigenvalue weighted by Crippen LogP contribution is 2.14. The number of aliphatic hydroxyl groups excluding tert-OH is 1. The smallest absolute Gasteiger partial charge is 0.0704 e. The van der Waals surface area contributed by atoms with Crippen LogP contribution in [0.25, 0.3) is 0 Å². The van der Waals surface area contributed by atoms with Gasteiger partial charge < -0.3 is 33.5 Å². The average molecular weight is 451 g/mol. The van der Waals surface area contributed by atoms with E-state index in [0.29, 0.717) is 78.8 Å². The second kappa shape index (κ2) is 27.8. The molecule has 0 saturated heterocycles. The van der Waals surface area contributed by atoms with Crippen LogP contribution < -0.4 is 0 Å². The third-order valence-corrected chi connectivity index (χ3v) is 4.81. The van der Waals surface area contributed by atoms with Crippen LogP contribution in [0.3, 0.4) is 0 Å². The van der Waals surface area contributed by atoms with Crippen LogP contribution in [0.2, 0.25) is 0 Å². The minimum atomic E-state index is 0.0424. The molecule has 0 aromatic heterocycles. The largest absolute Gasteiger partial charge is 0.394 e. The van der Waals surface area contributed by atoms with Gasteiger partial charge in [-0.05, 0) is 12.8 Å². The predicted molar refractivity (Wildman–Crippen MR) is 124 cm³/mol. The van der Waals surface area contributed by atoms with E-state index in [1.54, 1.807) is 0 Å². The first kappa shape index (κ1) is 30.7. The standard InChI is InChI=1S/C24H50O7/c1-3-5-7-8-9-11-24(10-6-4-2)31-23-22-30-21-20-29-19-18-28-17-16-27-15-14-26-13-12-25/h24-25H,3-23H2,1-2H3. The number of rotatable bonds is 27. The molecule has 0 amide bonds. The van der Waals surface area contributed by atoms with Crippen molar-refractivity contribution in [1.29, 1.82) is 0 Å². The first-order valence-corrected chi connectivity index (χ1v) is 12.5. The molecule has 0 aliphatic rings. The molecule has 0 fully saturated rings. The van der Waals surface area contributed by atoms with Crippen molar-refractivity contribution in [2.45, 2.75) is 77.7 Å². The minimum Gasteiger partial charge on any atom is -0.394 e. The summed E-state index contributed by atoms with van der Waals surface area (Å²) in [6, 6.07) is 0. The lowest BCUT2D eigenvalue weighted by Gasteiger charge is -2.18. The lowest BCUT2D eigenvalue weighted by Crippen LogP contribution is -2.18. The molecule has 1 unspecified atom stereocenters. The zero-order valence-electron chi connectivity index (χ0n) is 20.3. The molecular formula is C24H50O7. The highest BCUT2D eigenvalue weighted by Gasteiger charge is 2.08. The first-order chi connectivity index (χ1) is 15.3. The highest BCUT2D eigenvalue weighted by molar-refractivity contribution is 4.59. The van der Waals surface area contributed by atoms with Crippen molar-refractivity contribution in [3.05, 3.63) is 0 Å². The minimum absolute atomic E-state index is 0.0424. The van der Waals surface area contributed by atoms with Gasteiger partial charge in [-0.3, -0.25) is 0 Å². The van der Waals surface area contributed by atoms with E-state index in [9.17, 15) is 0 Å². The van der Waals surface area contributed by atoms with Gasteiger partial charge >= 0.3 is 0 Å². The van der Waals surface area contributed by atoms with E-state index >= 15 is 0 Å². The van der Waals surface area contributed by atoms with Crippen LogP contribution in [0.4, 0.5) is 0 Å². The second-order valence-electron chi connectivity index (χ2n) is 7.62. The summed E-state index contributed by atoms with van der Waals surface area (Å²) in [4.78, 5) is 0. The van der Waals surface area contributed by atoms with E-state index in [-0.39, 0.29) is 6.61 Å². The Morgan fingerprint density at radius 1 is 0.484 bits per heavy atom. The molecule has 7 nitrogen and oxygen atoms in total. The lowest BCUT2D eigenvalue weighted by atomic mass is 10.0. The Balaban J connectivity index is 3.35. The molecule has 31 heavy (non-hydrogen) atoms. The molecule has 0 aromatic carbocycles. The van der Waals surface area contributed by atoms with Gasteiger partial charge in [-0.15, -0.1) is 0 Å². The molecule has 0 aromatic rings. The molecule has 0 aliphatic heterocycles. The maximum atomic E-state index is 8.56. The molecular weight excluding hydrogens is 400 g/mol. The van der Waals surface area contributed by atoms with Crippen LogP contribution in [0.1, 0.15) is 71.6 Å². The molecule has 0 bridgehead atoms. The lowest BCUT2D eigenvalue weighted by molar-refractivity contribution is -0.0287. The molecule has 0 spiro atoms. The molecule has 0 aliphatic carbocycles. The SMILES string of the molecule is CCCCCCCC(CCCC)OCCOCCOCCOCCOCCOCCO. The topological polar surface area (TPSA) is 75.6 Å². The van der Waals surface area contributed by atoms with Gasteiger partial charge in [0.25, 0.3) is 0 Å². The quantitative estimate of drug-likeness (QED) is 0.190. The molecule has 1 atom stereocenters. The zero-order valence-corrected chi connectivity index (χ0v) is 20.3. The van der Waals surface area contributed by atoms with Crippen LogP contribution in [0.15, 0.2) is 0 Å². The first-order valence-electron chi connectivity index (χ1n) is 12.5. The van der Waals surface area contributed by atoms with Crippen LogP contribution in [0.5, 0.6) is 0 Å². The zero-order chi connectivity index (χ0) is 22.7. The number of hydrogen-bond donors (Lipinski definition) is 1. The fourth-order valence-corrected chi connectivity index (χ4v) is 3.04. The fraction of sp³-hybridized carbons (Fsp3) is 1.00. The van der Waals surface area contributed by atoms with Crippen LogP contribution in [-0.2, 0) is 28.4 Å². The summed E-state index contributed by atoms with van der Waals surface area (Å²) in [5, 5.41) is 8.56. The predicted octanol–water partition coefficient (Wildman–Crippen LogP) is 4.00. The van der Waals surface area contributed by atoms with E-state index < -0.39 is 0 Å². The molecule has 188 valence electrons. The van der Waals surface area contributed by atoms with Gasteiger partial charge in [-0.2, -0.15) is 0 Å². The van der Waals surface area contributed by atoms with Crippen LogP contribution >= 0.6 is 0 Å². The van der Waals surface area contributed by atoms with Gasteiger partial charge in [0.2, 0.25) is 0 Å². The third kappa shape index (κ3) is 25.9. The Hall–Kier alpha value is -0.280. The van der Waals surface area contributed by atoms with E-state index in [1.165, 1.54) is 51.4 Å². The Morgan fingerprint density at radius 2 is 0.903 bits per heavy atom. The Bertz CT molecular complexity index is 318. The number of hydrogen-bond acceptors (Lipinski definition) is 7. The molecule has 0 radical (unpaired) electrons. The summed E-state index contributed by atoms with van der Waals surface area (Å²) in [7, 11) is 0. The summed E-state index contributed by atoms with van der Waals surface area (Å²) in [5.41, 5.74) is 0. The van der Waals surface area contributed by atoms with E-state index in [1.807, 2.05) is 0 Å². The van der Waals surface area contributed by atoms with Gasteiger partial charge in [-0.25, -0.2) is 0 Å². The van der Waals surface area contributed by atoms with Crippen molar-refractivity contribution in [3.63, 3.8) is 0 Å². The van der Waals surface area contributed by atoms with Crippen molar-refractivity contribution >= 4 is 0 Å². The third-order valence-electron chi connectivity index (χ3n) is 4.81. The van der Waals surface area contributed by atoms with E-state index in [2.05, 4.69) is 13.8 Å². The van der Waals surface area contributed by atoms with Gasteiger partial charge in [0, 0.05) is 0 Å². The van der Waals surface area contributed by atoms with Crippen molar-refractivity contribution in [3.8, 4) is 0 Å². The monoisotopic (exact) mass is 450 g/mol. The number of ether oxygens (including phenoxy) is 6. The van der Waals surface area contributed by atoms with Crippen LogP contribution in [0, 0.1) is 0 Å². The molecule has 0 heterocycles. The van der Waals surface area contributed by atoms with Crippen LogP contribution in [-0.4, -0.2) is 90.5 Å². The van der Waals surface area contributed by atoms with Crippen molar-refractivity contribution < 1.29 is 33.5 Å². The number of unbranched alkanes of at least 4 members (excludes halogenated alkanes) is 5. The van der Waals surface area contributed by atoms with Crippen molar-refractivity contribution in [2.75, 3.05) is 79.3 Å². The average Bonchev–Trinajstić information content (AvgIpc) is 2.78. The van der Waals surface area contributed by atoms with Crippen molar-refractivity contribution in [2.24, 2.45) is 0 Å². The van der Waals surface area contributed by atoms with Gasteiger partial charge in [0.05, 0.1) is 85.4 Å². The Labute approximate surface area is 191 Å². The second-order valence-corrected chi connectivity index (χ2v) is 7.62. The maximum Gasteiger partial charge on any atom is 0.0704 e. The molecule has 0 rings (SSSR count). The Morgan fingerprint density at radius 3 is 1.39 bits per heavy atom. The number of aliphatic hydroxyl groups is 1. The highest BCUT2D eigenvalue weighted by atomic mass is 16.6. The van der Waals surface area contributed by atoms with E-state index in [0.717, 1.165) is 6.42 Å². The van der Waals surface area contributed by atoms with E-state index in [4.69, 9.17) is 33.5 Å². The van der Waals surface area contributed by atoms with Gasteiger partial charge in [0.1, 0.15) is 0 Å². The maximum absolute atomic E-state index is 8.56. The fourth-order valence-electron chi connectivity index (χ4n) is 3.04. The van der Waals surface area contributed by atoms with Crippen molar-refractivity contribution in [1.82, 2.24) is 0 Å². The Kier molecular flexibility index (Phi) is 27.5. The molecule has 1 N–H and O–H groups in total. The summed E-state index contributed by atoms with van der Waals surface area (Å²) in [6.45, 7) is 10.5.